The third kappa shape index (κ3) is 6.96. The van der Waals surface area contributed by atoms with E-state index in [1.807, 2.05) is 36.4 Å². The molecule has 0 aliphatic carbocycles. The Balaban J connectivity index is 1.35. The number of aromatic nitrogens is 2. The largest absolute Gasteiger partial charge is 0.493 e. The smallest absolute Gasteiger partial charge is 0.230 e. The molecule has 1 aromatic heterocycles. The van der Waals surface area contributed by atoms with E-state index in [2.05, 4.69) is 32.7 Å². The van der Waals surface area contributed by atoms with Crippen LogP contribution in [-0.2, 0) is 11.2 Å². The molecule has 1 fully saturated rings. The van der Waals surface area contributed by atoms with Gasteiger partial charge >= 0.3 is 0 Å². The van der Waals surface area contributed by atoms with Crippen LogP contribution in [0.5, 0.6) is 11.5 Å². The average Bonchev–Trinajstić information content (AvgIpc) is 2.92. The topological polar surface area (TPSA) is 85.4 Å². The standard InChI is InChI=1S/C27H32N4O3S/c1-33-24-11-10-20(14-25(24)34-2)22-16-29-27(30-17-22)35-18-26(32)31-23(21-9-6-12-28-15-21)13-19-7-4-3-5-8-19/h3-5,7-8,10-11,14,16-17,21,23,28H,6,9,12-13,15,18H2,1-2H3,(H,31,32). The SMILES string of the molecule is COc1ccc(-c2cnc(SCC(=O)NC(Cc3ccccc3)C3CCCNC3)nc2)cc1OC. The van der Waals surface area contributed by atoms with E-state index in [1.165, 1.54) is 17.3 Å². The molecule has 2 atom stereocenters. The fourth-order valence-electron chi connectivity index (χ4n) is 4.36. The van der Waals surface area contributed by atoms with E-state index in [1.54, 1.807) is 26.6 Å². The van der Waals surface area contributed by atoms with Crippen LogP contribution < -0.4 is 20.1 Å². The summed E-state index contributed by atoms with van der Waals surface area (Å²) < 4.78 is 10.7. The van der Waals surface area contributed by atoms with Crippen LogP contribution in [0.3, 0.4) is 0 Å². The highest BCUT2D eigenvalue weighted by atomic mass is 32.2. The van der Waals surface area contributed by atoms with Gasteiger partial charge in [-0.15, -0.1) is 0 Å². The second-order valence-corrected chi connectivity index (χ2v) is 9.53. The molecule has 2 N–H and O–H groups in total. The number of amides is 1. The molecule has 1 saturated heterocycles. The van der Waals surface area contributed by atoms with Gasteiger partial charge in [0.2, 0.25) is 5.91 Å². The van der Waals surface area contributed by atoms with Crippen LogP contribution in [0.1, 0.15) is 18.4 Å². The highest BCUT2D eigenvalue weighted by molar-refractivity contribution is 7.99. The molecule has 35 heavy (non-hydrogen) atoms. The predicted molar refractivity (Wildman–Crippen MR) is 139 cm³/mol. The van der Waals surface area contributed by atoms with Gasteiger partial charge in [0, 0.05) is 24.0 Å². The number of hydrogen-bond acceptors (Lipinski definition) is 7. The number of piperidine rings is 1. The Hall–Kier alpha value is -3.10. The molecule has 8 heteroatoms. The number of nitrogens with zero attached hydrogens (tertiary/aromatic N) is 2. The summed E-state index contributed by atoms with van der Waals surface area (Å²) in [6, 6.07) is 16.2. The summed E-state index contributed by atoms with van der Waals surface area (Å²) in [5.41, 5.74) is 3.04. The van der Waals surface area contributed by atoms with Crippen LogP contribution in [0.2, 0.25) is 0 Å². The lowest BCUT2D eigenvalue weighted by Crippen LogP contribution is -2.48. The molecular weight excluding hydrogens is 460 g/mol. The van der Waals surface area contributed by atoms with Crippen LogP contribution in [0.15, 0.2) is 66.1 Å². The third-order valence-corrected chi connectivity index (χ3v) is 7.10. The Morgan fingerprint density at radius 2 is 1.86 bits per heavy atom. The molecule has 0 radical (unpaired) electrons. The van der Waals surface area contributed by atoms with Crippen molar-refractivity contribution in [2.45, 2.75) is 30.5 Å². The van der Waals surface area contributed by atoms with Gasteiger partial charge in [0.15, 0.2) is 16.7 Å². The van der Waals surface area contributed by atoms with Crippen molar-refractivity contribution in [2.75, 3.05) is 33.1 Å². The van der Waals surface area contributed by atoms with Gasteiger partial charge in [-0.1, -0.05) is 48.2 Å². The summed E-state index contributed by atoms with van der Waals surface area (Å²) >= 11 is 1.35. The van der Waals surface area contributed by atoms with Gasteiger partial charge in [0.05, 0.1) is 20.0 Å². The molecule has 0 bridgehead atoms. The Bertz CT molecular complexity index is 1090. The maximum Gasteiger partial charge on any atom is 0.230 e. The van der Waals surface area contributed by atoms with Gasteiger partial charge in [0.1, 0.15) is 0 Å². The molecule has 4 rings (SSSR count). The molecule has 0 saturated carbocycles. The average molecular weight is 493 g/mol. The van der Waals surface area contributed by atoms with E-state index in [0.29, 0.717) is 22.6 Å². The predicted octanol–water partition coefficient (Wildman–Crippen LogP) is 3.98. The van der Waals surface area contributed by atoms with Gasteiger partial charge in [-0.2, -0.15) is 0 Å². The van der Waals surface area contributed by atoms with E-state index < -0.39 is 0 Å². The van der Waals surface area contributed by atoms with Crippen LogP contribution in [-0.4, -0.2) is 55.0 Å². The first-order valence-corrected chi connectivity index (χ1v) is 12.9. The molecule has 1 amide bonds. The minimum Gasteiger partial charge on any atom is -0.493 e. The number of methoxy groups -OCH3 is 2. The second-order valence-electron chi connectivity index (χ2n) is 8.58. The summed E-state index contributed by atoms with van der Waals surface area (Å²) in [4.78, 5) is 21.7. The summed E-state index contributed by atoms with van der Waals surface area (Å²) in [6.45, 7) is 1.99. The van der Waals surface area contributed by atoms with Crippen LogP contribution in [0.4, 0.5) is 0 Å². The Kier molecular flexibility index (Phi) is 8.97. The first kappa shape index (κ1) is 25.0. The number of thioether (sulfide) groups is 1. The molecular formula is C27H32N4O3S. The quantitative estimate of drug-likeness (QED) is 0.327. The first-order chi connectivity index (χ1) is 17.2. The van der Waals surface area contributed by atoms with Crippen molar-refractivity contribution < 1.29 is 14.3 Å². The number of benzene rings is 2. The molecule has 1 aliphatic heterocycles. The van der Waals surface area contributed by atoms with Gasteiger partial charge < -0.3 is 20.1 Å². The van der Waals surface area contributed by atoms with Crippen LogP contribution in [0, 0.1) is 5.92 Å². The highest BCUT2D eigenvalue weighted by Crippen LogP contribution is 2.32. The summed E-state index contributed by atoms with van der Waals surface area (Å²) in [5, 5.41) is 7.33. The van der Waals surface area contributed by atoms with Gasteiger partial charge in [-0.3, -0.25) is 4.79 Å². The molecule has 2 unspecified atom stereocenters. The lowest BCUT2D eigenvalue weighted by atomic mass is 9.87. The summed E-state index contributed by atoms with van der Waals surface area (Å²) in [6.07, 6.45) is 6.63. The molecule has 3 aromatic rings. The van der Waals surface area contributed by atoms with Crippen molar-refractivity contribution in [2.24, 2.45) is 5.92 Å². The first-order valence-electron chi connectivity index (χ1n) is 11.9. The van der Waals surface area contributed by atoms with Crippen LogP contribution >= 0.6 is 11.8 Å². The number of ether oxygens (including phenoxy) is 2. The fraction of sp³-hybridized carbons (Fsp3) is 0.370. The van der Waals surface area contributed by atoms with E-state index in [4.69, 9.17) is 9.47 Å². The zero-order chi connectivity index (χ0) is 24.5. The summed E-state index contributed by atoms with van der Waals surface area (Å²) in [5.74, 6) is 2.04. The number of carbonyl (C=O) groups excluding carboxylic acids is 1. The van der Waals surface area contributed by atoms with Gasteiger partial charge in [-0.05, 0) is 61.5 Å². The lowest BCUT2D eigenvalue weighted by Gasteiger charge is -2.31. The maximum absolute atomic E-state index is 12.8. The van der Waals surface area contributed by atoms with Crippen molar-refractivity contribution >= 4 is 17.7 Å². The monoisotopic (exact) mass is 492 g/mol. The van der Waals surface area contributed by atoms with Crippen molar-refractivity contribution in [3.05, 3.63) is 66.5 Å². The fourth-order valence-corrected chi connectivity index (χ4v) is 4.96. The maximum atomic E-state index is 12.8. The lowest BCUT2D eigenvalue weighted by molar-refractivity contribution is -0.119. The molecule has 1 aliphatic rings. The molecule has 2 aromatic carbocycles. The summed E-state index contributed by atoms with van der Waals surface area (Å²) in [7, 11) is 3.22. The van der Waals surface area contributed by atoms with E-state index >= 15 is 0 Å². The van der Waals surface area contributed by atoms with E-state index in [0.717, 1.165) is 43.5 Å². The number of carbonyl (C=O) groups is 1. The van der Waals surface area contributed by atoms with Gasteiger partial charge in [-0.25, -0.2) is 9.97 Å². The van der Waals surface area contributed by atoms with Crippen LogP contribution in [0.25, 0.3) is 11.1 Å². The third-order valence-electron chi connectivity index (χ3n) is 6.23. The Morgan fingerprint density at radius 3 is 2.54 bits per heavy atom. The van der Waals surface area contributed by atoms with E-state index in [-0.39, 0.29) is 17.7 Å². The van der Waals surface area contributed by atoms with Crippen molar-refractivity contribution in [3.63, 3.8) is 0 Å². The number of nitrogens with one attached hydrogen (secondary N) is 2. The molecule has 2 heterocycles. The van der Waals surface area contributed by atoms with Crippen molar-refractivity contribution in [1.82, 2.24) is 20.6 Å². The number of rotatable bonds is 10. The van der Waals surface area contributed by atoms with Crippen molar-refractivity contribution in [3.8, 4) is 22.6 Å². The molecule has 0 spiro atoms. The second kappa shape index (κ2) is 12.6. The normalized spacial score (nSPS) is 16.3. The minimum atomic E-state index is 0.00840. The van der Waals surface area contributed by atoms with Gasteiger partial charge in [0.25, 0.3) is 0 Å². The zero-order valence-electron chi connectivity index (χ0n) is 20.2. The number of hydrogen-bond donors (Lipinski definition) is 2. The highest BCUT2D eigenvalue weighted by Gasteiger charge is 2.25. The molecule has 184 valence electrons. The van der Waals surface area contributed by atoms with Crippen molar-refractivity contribution in [1.29, 1.82) is 0 Å². The Labute approximate surface area is 211 Å². The van der Waals surface area contributed by atoms with E-state index in [9.17, 15) is 4.79 Å². The minimum absolute atomic E-state index is 0.00840. The molecule has 7 nitrogen and oxygen atoms in total. The zero-order valence-corrected chi connectivity index (χ0v) is 21.0. The Morgan fingerprint density at radius 1 is 1.09 bits per heavy atom.